The van der Waals surface area contributed by atoms with Gasteiger partial charge in [0.05, 0.1) is 24.5 Å². The first-order valence-electron chi connectivity index (χ1n) is 14.3. The highest BCUT2D eigenvalue weighted by atomic mass is 16.5. The van der Waals surface area contributed by atoms with Crippen molar-refractivity contribution >= 4 is 28.9 Å². The summed E-state index contributed by atoms with van der Waals surface area (Å²) >= 11 is 0. The zero-order valence-electron chi connectivity index (χ0n) is 23.4. The summed E-state index contributed by atoms with van der Waals surface area (Å²) < 4.78 is 7.14. The number of pyridine rings is 1. The molecule has 214 valence electrons. The molecular weight excluding hydrogens is 518 g/mol. The highest BCUT2D eigenvalue weighted by Gasteiger charge is 2.34. The molecule has 2 aliphatic heterocycles. The first kappa shape index (κ1) is 27.2. The molecule has 2 fully saturated rings. The Kier molecular flexibility index (Phi) is 7.86. The third kappa shape index (κ3) is 6.19. The number of carbonyl (C=O) groups is 1. The van der Waals surface area contributed by atoms with Crippen molar-refractivity contribution in [1.82, 2.24) is 24.8 Å². The Morgan fingerprint density at radius 1 is 1.00 bits per heavy atom. The van der Waals surface area contributed by atoms with Crippen molar-refractivity contribution in [3.8, 4) is 0 Å². The van der Waals surface area contributed by atoms with Gasteiger partial charge < -0.3 is 25.4 Å². The van der Waals surface area contributed by atoms with Crippen LogP contribution in [0.15, 0.2) is 66.9 Å². The number of aromatic nitrogens is 3. The Bertz CT molecular complexity index is 1470. The number of hydrogen-bond donors (Lipinski definition) is 3. The number of morpholine rings is 1. The second-order valence-corrected chi connectivity index (χ2v) is 10.9. The average molecular weight is 556 g/mol. The van der Waals surface area contributed by atoms with E-state index in [4.69, 9.17) is 9.72 Å². The van der Waals surface area contributed by atoms with Crippen molar-refractivity contribution in [2.24, 2.45) is 0 Å². The highest BCUT2D eigenvalue weighted by Crippen LogP contribution is 2.35. The number of anilines is 3. The van der Waals surface area contributed by atoms with Gasteiger partial charge in [0.15, 0.2) is 5.65 Å². The van der Waals surface area contributed by atoms with Crippen LogP contribution in [0.1, 0.15) is 34.3 Å². The second-order valence-electron chi connectivity index (χ2n) is 10.9. The normalized spacial score (nSPS) is 17.5. The van der Waals surface area contributed by atoms with E-state index in [9.17, 15) is 9.90 Å². The number of nitrogens with one attached hydrogen (secondary N) is 2. The molecule has 0 bridgehead atoms. The summed E-state index contributed by atoms with van der Waals surface area (Å²) in [6.45, 7) is 8.24. The topological polar surface area (TPSA) is 107 Å². The molecule has 1 amide bonds. The molecule has 0 atom stereocenters. The van der Waals surface area contributed by atoms with Crippen LogP contribution in [0.2, 0.25) is 0 Å². The Balaban J connectivity index is 1.07. The van der Waals surface area contributed by atoms with E-state index in [1.54, 1.807) is 16.6 Å². The van der Waals surface area contributed by atoms with Crippen molar-refractivity contribution in [2.75, 3.05) is 62.7 Å². The van der Waals surface area contributed by atoms with Crippen LogP contribution >= 0.6 is 0 Å². The van der Waals surface area contributed by atoms with Crippen LogP contribution in [0, 0.1) is 6.92 Å². The maximum atomic E-state index is 12.6. The van der Waals surface area contributed by atoms with Crippen LogP contribution < -0.4 is 15.5 Å². The summed E-state index contributed by atoms with van der Waals surface area (Å²) in [4.78, 5) is 21.9. The van der Waals surface area contributed by atoms with E-state index in [0.717, 1.165) is 68.5 Å². The molecule has 2 aromatic heterocycles. The van der Waals surface area contributed by atoms with Gasteiger partial charge in [-0.15, -0.1) is 5.10 Å². The number of piperidine rings is 1. The largest absolute Gasteiger partial charge is 0.385 e. The summed E-state index contributed by atoms with van der Waals surface area (Å²) in [5.41, 5.74) is 4.50. The van der Waals surface area contributed by atoms with Crippen LogP contribution in [0.25, 0.3) is 5.65 Å². The van der Waals surface area contributed by atoms with Crippen LogP contribution in [-0.2, 0) is 10.3 Å². The second kappa shape index (κ2) is 11.9. The highest BCUT2D eigenvalue weighted by molar-refractivity contribution is 5.94. The molecule has 10 nitrogen and oxygen atoms in total. The fourth-order valence-electron chi connectivity index (χ4n) is 5.55. The van der Waals surface area contributed by atoms with Gasteiger partial charge in [-0.3, -0.25) is 9.69 Å². The lowest BCUT2D eigenvalue weighted by Crippen LogP contribution is -2.42. The van der Waals surface area contributed by atoms with Crippen LogP contribution in [0.4, 0.5) is 17.3 Å². The number of nitrogens with zero attached hydrogens (tertiary/aromatic N) is 5. The monoisotopic (exact) mass is 555 g/mol. The van der Waals surface area contributed by atoms with Crippen LogP contribution in [0.5, 0.6) is 0 Å². The van der Waals surface area contributed by atoms with E-state index < -0.39 is 5.60 Å². The standard InChI is InChI=1S/C31H37N7O3/c1-23-4-8-25(9-5-23)31(40)12-16-37(17-13-31)27-3-2-15-38-28(27)34-30(35-38)33-26-10-6-24(7-11-26)29(39)32-14-18-36-19-21-41-22-20-36/h2-11,15,40H,12-14,16-22H2,1H3,(H,32,39)(H,33,35). The number of ether oxygens (including phenoxy) is 1. The summed E-state index contributed by atoms with van der Waals surface area (Å²) in [6.07, 6.45) is 3.17. The number of benzene rings is 2. The molecule has 0 saturated carbocycles. The van der Waals surface area contributed by atoms with Gasteiger partial charge in [0.25, 0.3) is 5.91 Å². The number of amides is 1. The molecule has 0 spiro atoms. The minimum absolute atomic E-state index is 0.0869. The average Bonchev–Trinajstić information content (AvgIpc) is 3.41. The fraction of sp³-hybridized carbons (Fsp3) is 0.387. The number of fused-ring (bicyclic) bond motifs is 1. The SMILES string of the molecule is Cc1ccc(C2(O)CCN(c3cccn4nc(Nc5ccc(C(=O)NCCN6CCOCC6)cc5)nc34)CC2)cc1. The lowest BCUT2D eigenvalue weighted by molar-refractivity contribution is 0.0118. The number of rotatable bonds is 8. The predicted octanol–water partition coefficient (Wildman–Crippen LogP) is 3.33. The van der Waals surface area contributed by atoms with Crippen molar-refractivity contribution < 1.29 is 14.6 Å². The summed E-state index contributed by atoms with van der Waals surface area (Å²) in [7, 11) is 0. The van der Waals surface area contributed by atoms with Gasteiger partial charge in [-0.1, -0.05) is 29.8 Å². The molecule has 10 heteroatoms. The van der Waals surface area contributed by atoms with E-state index in [-0.39, 0.29) is 5.91 Å². The van der Waals surface area contributed by atoms with Crippen molar-refractivity contribution in [2.45, 2.75) is 25.4 Å². The summed E-state index contributed by atoms with van der Waals surface area (Å²) in [5, 5.41) is 22.2. The Morgan fingerprint density at radius 2 is 1.73 bits per heavy atom. The molecule has 41 heavy (non-hydrogen) atoms. The van der Waals surface area contributed by atoms with E-state index in [1.807, 2.05) is 36.5 Å². The Hall–Kier alpha value is -3.99. The zero-order chi connectivity index (χ0) is 28.2. The van der Waals surface area contributed by atoms with Gasteiger partial charge in [-0.25, -0.2) is 4.52 Å². The molecule has 0 aliphatic carbocycles. The maximum absolute atomic E-state index is 12.6. The van der Waals surface area contributed by atoms with Crippen molar-refractivity contribution in [1.29, 1.82) is 0 Å². The number of aliphatic hydroxyl groups is 1. The van der Waals surface area contributed by atoms with E-state index >= 15 is 0 Å². The van der Waals surface area contributed by atoms with E-state index in [2.05, 4.69) is 50.7 Å². The quantitative estimate of drug-likeness (QED) is 0.304. The molecule has 4 heterocycles. The van der Waals surface area contributed by atoms with Gasteiger partial charge in [0.1, 0.15) is 0 Å². The smallest absolute Gasteiger partial charge is 0.251 e. The molecule has 4 aromatic rings. The summed E-state index contributed by atoms with van der Waals surface area (Å²) in [6, 6.07) is 19.5. The minimum atomic E-state index is -0.818. The number of hydrogen-bond acceptors (Lipinski definition) is 8. The molecule has 2 aliphatic rings. The lowest BCUT2D eigenvalue weighted by Gasteiger charge is -2.39. The Morgan fingerprint density at radius 3 is 2.46 bits per heavy atom. The lowest BCUT2D eigenvalue weighted by atomic mass is 9.84. The molecule has 2 saturated heterocycles. The van der Waals surface area contributed by atoms with Gasteiger partial charge in [0, 0.05) is 56.7 Å². The van der Waals surface area contributed by atoms with Gasteiger partial charge in [-0.05, 0) is 61.7 Å². The third-order valence-corrected chi connectivity index (χ3v) is 8.08. The van der Waals surface area contributed by atoms with Gasteiger partial charge in [-0.2, -0.15) is 4.98 Å². The minimum Gasteiger partial charge on any atom is -0.385 e. The van der Waals surface area contributed by atoms with Crippen molar-refractivity contribution in [3.63, 3.8) is 0 Å². The summed E-state index contributed by atoms with van der Waals surface area (Å²) in [5.74, 6) is 0.393. The molecular formula is C31H37N7O3. The van der Waals surface area contributed by atoms with E-state index in [1.165, 1.54) is 5.56 Å². The van der Waals surface area contributed by atoms with Crippen molar-refractivity contribution in [3.05, 3.63) is 83.6 Å². The predicted molar refractivity (Wildman–Crippen MR) is 159 cm³/mol. The molecule has 3 N–H and O–H groups in total. The van der Waals surface area contributed by atoms with Crippen LogP contribution in [0.3, 0.4) is 0 Å². The number of carbonyl (C=O) groups excluding carboxylic acids is 1. The van der Waals surface area contributed by atoms with Gasteiger partial charge in [0.2, 0.25) is 5.95 Å². The first-order chi connectivity index (χ1) is 20.0. The fourth-order valence-corrected chi connectivity index (χ4v) is 5.55. The third-order valence-electron chi connectivity index (χ3n) is 8.08. The van der Waals surface area contributed by atoms with E-state index in [0.29, 0.717) is 30.9 Å². The molecule has 0 unspecified atom stereocenters. The maximum Gasteiger partial charge on any atom is 0.251 e. The zero-order valence-corrected chi connectivity index (χ0v) is 23.4. The number of aryl methyl sites for hydroxylation is 1. The molecule has 0 radical (unpaired) electrons. The van der Waals surface area contributed by atoms with Gasteiger partial charge >= 0.3 is 0 Å². The first-order valence-corrected chi connectivity index (χ1v) is 14.3. The molecule has 6 rings (SSSR count). The molecule has 2 aromatic carbocycles. The Labute approximate surface area is 239 Å². The van der Waals surface area contributed by atoms with Crippen LogP contribution in [-0.4, -0.2) is 83.0 Å².